The minimum absolute atomic E-state index is 0.175. The number of carbonyl (C=O) groups is 1. The third-order valence-corrected chi connectivity index (χ3v) is 6.04. The Balaban J connectivity index is 1.33. The van der Waals surface area contributed by atoms with Crippen molar-refractivity contribution < 1.29 is 9.53 Å². The lowest BCUT2D eigenvalue weighted by Crippen LogP contribution is -2.43. The summed E-state index contributed by atoms with van der Waals surface area (Å²) in [6.07, 6.45) is 5.75. The number of rotatable bonds is 5. The lowest BCUT2D eigenvalue weighted by Gasteiger charge is -2.32. The molecule has 0 saturated carbocycles. The molecule has 0 amide bonds. The average Bonchev–Trinajstić information content (AvgIpc) is 3.45. The molecule has 4 heteroatoms. The van der Waals surface area contributed by atoms with E-state index in [1.807, 2.05) is 36.4 Å². The molecule has 5 rings (SSSR count). The average molecular weight is 372 g/mol. The quantitative estimate of drug-likeness (QED) is 0.630. The normalized spacial score (nSPS) is 23.6. The number of hydrogen-bond acceptors (Lipinski definition) is 3. The summed E-state index contributed by atoms with van der Waals surface area (Å²) in [5, 5.41) is 0. The highest BCUT2D eigenvalue weighted by atomic mass is 16.5. The third-order valence-electron chi connectivity index (χ3n) is 6.04. The summed E-state index contributed by atoms with van der Waals surface area (Å²) in [7, 11) is 0. The first-order chi connectivity index (χ1) is 13.8. The van der Waals surface area contributed by atoms with Gasteiger partial charge in [-0.2, -0.15) is 0 Å². The van der Waals surface area contributed by atoms with E-state index in [0.29, 0.717) is 6.42 Å². The number of hydrogen-bond donors (Lipinski definition) is 0. The number of ketones is 1. The molecule has 142 valence electrons. The van der Waals surface area contributed by atoms with E-state index in [4.69, 9.17) is 4.74 Å². The predicted octanol–water partition coefficient (Wildman–Crippen LogP) is 4.19. The van der Waals surface area contributed by atoms with Gasteiger partial charge in [0.15, 0.2) is 5.78 Å². The van der Waals surface area contributed by atoms with Gasteiger partial charge in [0, 0.05) is 56.0 Å². The van der Waals surface area contributed by atoms with Crippen LogP contribution in [0.1, 0.15) is 34.8 Å². The number of likely N-dealkylation sites (tertiary alicyclic amines) is 1. The van der Waals surface area contributed by atoms with Crippen molar-refractivity contribution in [3.8, 4) is 5.75 Å². The highest BCUT2D eigenvalue weighted by Gasteiger charge is 2.53. The van der Waals surface area contributed by atoms with Crippen LogP contribution in [0.5, 0.6) is 5.75 Å². The molecule has 28 heavy (non-hydrogen) atoms. The predicted molar refractivity (Wildman–Crippen MR) is 109 cm³/mol. The molecule has 1 aromatic heterocycles. The van der Waals surface area contributed by atoms with Crippen LogP contribution in [0, 0.1) is 0 Å². The van der Waals surface area contributed by atoms with Gasteiger partial charge in [-0.05, 0) is 18.2 Å². The van der Waals surface area contributed by atoms with E-state index in [0.717, 1.165) is 37.4 Å². The first-order valence-electron chi connectivity index (χ1n) is 9.96. The molecule has 1 spiro atoms. The number of benzene rings is 2. The van der Waals surface area contributed by atoms with Crippen molar-refractivity contribution >= 4 is 5.78 Å². The van der Waals surface area contributed by atoms with E-state index in [1.165, 1.54) is 5.56 Å². The Hall–Kier alpha value is -2.85. The Morgan fingerprint density at radius 2 is 1.75 bits per heavy atom. The van der Waals surface area contributed by atoms with E-state index in [-0.39, 0.29) is 17.4 Å². The van der Waals surface area contributed by atoms with Crippen LogP contribution >= 0.6 is 0 Å². The Labute approximate surface area is 165 Å². The van der Waals surface area contributed by atoms with Crippen molar-refractivity contribution in [2.45, 2.75) is 24.5 Å². The Bertz CT molecular complexity index is 967. The molecule has 1 saturated heterocycles. The van der Waals surface area contributed by atoms with Gasteiger partial charge in [0.05, 0.1) is 0 Å². The second-order valence-corrected chi connectivity index (χ2v) is 7.80. The van der Waals surface area contributed by atoms with Crippen molar-refractivity contribution in [3.05, 3.63) is 90.3 Å². The Morgan fingerprint density at radius 1 is 1.00 bits per heavy atom. The molecular formula is C24H24N2O2. The largest absolute Gasteiger partial charge is 0.483 e. The molecule has 2 aliphatic rings. The van der Waals surface area contributed by atoms with E-state index in [1.54, 1.807) is 0 Å². The first-order valence-corrected chi connectivity index (χ1v) is 9.96. The highest BCUT2D eigenvalue weighted by Crippen LogP contribution is 2.49. The zero-order valence-corrected chi connectivity index (χ0v) is 15.8. The molecule has 4 nitrogen and oxygen atoms in total. The molecule has 1 fully saturated rings. The summed E-state index contributed by atoms with van der Waals surface area (Å²) < 4.78 is 8.83. The lowest BCUT2D eigenvalue weighted by molar-refractivity contribution is 0.0656. The number of fused-ring (bicyclic) bond motifs is 1. The van der Waals surface area contributed by atoms with Gasteiger partial charge < -0.3 is 9.30 Å². The summed E-state index contributed by atoms with van der Waals surface area (Å²) in [5.74, 6) is 1.20. The number of Topliss-reactive ketones (excluding diaryl/α,β-unsaturated/α-hetero) is 1. The van der Waals surface area contributed by atoms with E-state index >= 15 is 0 Å². The van der Waals surface area contributed by atoms with Crippen molar-refractivity contribution in [3.63, 3.8) is 0 Å². The minimum Gasteiger partial charge on any atom is -0.483 e. The number of nitrogens with zero attached hydrogens (tertiary/aromatic N) is 2. The van der Waals surface area contributed by atoms with Crippen LogP contribution in [0.4, 0.5) is 0 Å². The zero-order chi connectivity index (χ0) is 19.0. The van der Waals surface area contributed by atoms with Crippen LogP contribution in [0.3, 0.4) is 0 Å². The summed E-state index contributed by atoms with van der Waals surface area (Å²) in [6.45, 7) is 2.56. The van der Waals surface area contributed by atoms with Crippen LogP contribution in [0.25, 0.3) is 0 Å². The molecule has 0 radical (unpaired) electrons. The molecular weight excluding hydrogens is 348 g/mol. The summed E-state index contributed by atoms with van der Waals surface area (Å²) in [5.41, 5.74) is 1.78. The molecule has 0 aliphatic carbocycles. The van der Waals surface area contributed by atoms with Crippen molar-refractivity contribution in [2.24, 2.45) is 0 Å². The Kier molecular flexibility index (Phi) is 4.29. The van der Waals surface area contributed by atoms with E-state index in [2.05, 4.69) is 52.2 Å². The van der Waals surface area contributed by atoms with Crippen molar-refractivity contribution in [2.75, 3.05) is 19.6 Å². The molecule has 2 atom stereocenters. The van der Waals surface area contributed by atoms with Crippen molar-refractivity contribution in [1.29, 1.82) is 0 Å². The van der Waals surface area contributed by atoms with Gasteiger partial charge in [0.1, 0.15) is 17.4 Å². The summed E-state index contributed by atoms with van der Waals surface area (Å²) >= 11 is 0. The summed E-state index contributed by atoms with van der Waals surface area (Å²) in [6, 6.07) is 22.3. The topological polar surface area (TPSA) is 34.5 Å². The fourth-order valence-electron chi connectivity index (χ4n) is 4.72. The standard InChI is InChI=1S/C24H24N2O2/c27-21(19-8-2-1-3-9-19)12-16-25-17-13-24(18-25)23(26-14-6-7-15-26)20-10-4-5-11-22(20)28-24/h1-11,14-15,23H,12-13,16-18H2. The molecule has 0 bridgehead atoms. The van der Waals surface area contributed by atoms with Gasteiger partial charge in [-0.15, -0.1) is 0 Å². The van der Waals surface area contributed by atoms with Crippen LogP contribution in [-0.4, -0.2) is 40.5 Å². The van der Waals surface area contributed by atoms with Gasteiger partial charge >= 0.3 is 0 Å². The molecule has 2 aliphatic heterocycles. The second-order valence-electron chi connectivity index (χ2n) is 7.80. The number of carbonyl (C=O) groups excluding carboxylic acids is 1. The maximum Gasteiger partial charge on any atom is 0.164 e. The third kappa shape index (κ3) is 2.94. The van der Waals surface area contributed by atoms with E-state index < -0.39 is 0 Å². The molecule has 2 unspecified atom stereocenters. The molecule has 0 N–H and O–H groups in total. The maximum absolute atomic E-state index is 12.5. The monoisotopic (exact) mass is 372 g/mol. The van der Waals surface area contributed by atoms with Gasteiger partial charge in [0.2, 0.25) is 0 Å². The molecule has 3 heterocycles. The van der Waals surface area contributed by atoms with Gasteiger partial charge in [0.25, 0.3) is 0 Å². The smallest absolute Gasteiger partial charge is 0.164 e. The SMILES string of the molecule is O=C(CCN1CCC2(C1)Oc1ccccc1C2n1cccc1)c1ccccc1. The minimum atomic E-state index is -0.265. The van der Waals surface area contributed by atoms with Crippen LogP contribution in [-0.2, 0) is 0 Å². The van der Waals surface area contributed by atoms with E-state index in [9.17, 15) is 4.79 Å². The number of aromatic nitrogens is 1. The van der Waals surface area contributed by atoms with Gasteiger partial charge in [-0.3, -0.25) is 9.69 Å². The summed E-state index contributed by atoms with van der Waals surface area (Å²) in [4.78, 5) is 14.9. The lowest BCUT2D eigenvalue weighted by atomic mass is 9.90. The maximum atomic E-state index is 12.5. The van der Waals surface area contributed by atoms with Crippen LogP contribution in [0.15, 0.2) is 79.1 Å². The van der Waals surface area contributed by atoms with Crippen molar-refractivity contribution in [1.82, 2.24) is 9.47 Å². The fourth-order valence-corrected chi connectivity index (χ4v) is 4.72. The fraction of sp³-hybridized carbons (Fsp3) is 0.292. The van der Waals surface area contributed by atoms with Gasteiger partial charge in [-0.1, -0.05) is 48.5 Å². The van der Waals surface area contributed by atoms with Gasteiger partial charge in [-0.25, -0.2) is 0 Å². The first kappa shape index (κ1) is 17.3. The molecule has 2 aromatic carbocycles. The van der Waals surface area contributed by atoms with Crippen LogP contribution in [0.2, 0.25) is 0 Å². The number of para-hydroxylation sites is 1. The molecule has 3 aromatic rings. The zero-order valence-electron chi connectivity index (χ0n) is 15.8. The number of ether oxygens (including phenoxy) is 1. The van der Waals surface area contributed by atoms with Crippen LogP contribution < -0.4 is 4.74 Å². The Morgan fingerprint density at radius 3 is 2.57 bits per heavy atom. The second kappa shape index (κ2) is 6.95. The highest BCUT2D eigenvalue weighted by molar-refractivity contribution is 5.96.